The van der Waals surface area contributed by atoms with Gasteiger partial charge in [0.05, 0.1) is 7.11 Å². The quantitative estimate of drug-likeness (QED) is 0.634. The summed E-state index contributed by atoms with van der Waals surface area (Å²) < 4.78 is 4.79. The van der Waals surface area contributed by atoms with Crippen LogP contribution in [0, 0.1) is 0 Å². The van der Waals surface area contributed by atoms with Gasteiger partial charge in [-0.2, -0.15) is 0 Å². The van der Waals surface area contributed by atoms with Gasteiger partial charge in [-0.3, -0.25) is 4.79 Å². The highest BCUT2D eigenvalue weighted by atomic mass is 35.5. The van der Waals surface area contributed by atoms with Crippen LogP contribution in [0.3, 0.4) is 0 Å². The van der Waals surface area contributed by atoms with Gasteiger partial charge in [-0.15, -0.1) is 0 Å². The van der Waals surface area contributed by atoms with Crippen LogP contribution in [0.2, 0.25) is 5.02 Å². The van der Waals surface area contributed by atoms with Gasteiger partial charge in [0.25, 0.3) is 0 Å². The first kappa shape index (κ1) is 8.01. The normalized spacial score (nSPS) is 9.27. The zero-order chi connectivity index (χ0) is 8.27. The average Bonchev–Trinajstić information content (AvgIpc) is 2.05. The van der Waals surface area contributed by atoms with Crippen LogP contribution in [-0.2, 0) is 0 Å². The SMILES string of the molecule is COc1nccc(C=O)c1Cl. The van der Waals surface area contributed by atoms with E-state index < -0.39 is 0 Å². The van der Waals surface area contributed by atoms with Crippen molar-refractivity contribution < 1.29 is 9.53 Å². The molecule has 58 valence electrons. The van der Waals surface area contributed by atoms with Crippen LogP contribution in [0.15, 0.2) is 12.3 Å². The number of rotatable bonds is 2. The first-order valence-corrected chi connectivity index (χ1v) is 3.31. The molecule has 0 unspecified atom stereocenters. The van der Waals surface area contributed by atoms with Crippen molar-refractivity contribution in [2.75, 3.05) is 7.11 Å². The summed E-state index contributed by atoms with van der Waals surface area (Å²) in [5, 5.41) is 0.255. The summed E-state index contributed by atoms with van der Waals surface area (Å²) in [6, 6.07) is 1.53. The molecule has 0 atom stereocenters. The second kappa shape index (κ2) is 3.34. The summed E-state index contributed by atoms with van der Waals surface area (Å²) in [6.45, 7) is 0. The molecule has 0 aliphatic carbocycles. The summed E-state index contributed by atoms with van der Waals surface area (Å²) in [5.74, 6) is 0.274. The van der Waals surface area contributed by atoms with Crippen LogP contribution in [0.1, 0.15) is 10.4 Å². The molecule has 0 bridgehead atoms. The van der Waals surface area contributed by atoms with Crippen LogP contribution in [-0.4, -0.2) is 18.4 Å². The van der Waals surface area contributed by atoms with Crippen molar-refractivity contribution in [1.82, 2.24) is 4.98 Å². The van der Waals surface area contributed by atoms with Crippen molar-refractivity contribution in [2.45, 2.75) is 0 Å². The Kier molecular flexibility index (Phi) is 2.44. The molecular formula is C7H6ClNO2. The van der Waals surface area contributed by atoms with Gasteiger partial charge >= 0.3 is 0 Å². The van der Waals surface area contributed by atoms with Gasteiger partial charge in [-0.1, -0.05) is 11.6 Å². The molecule has 4 heteroatoms. The fraction of sp³-hybridized carbons (Fsp3) is 0.143. The number of hydrogen-bond acceptors (Lipinski definition) is 3. The smallest absolute Gasteiger partial charge is 0.233 e. The van der Waals surface area contributed by atoms with Gasteiger partial charge in [0.1, 0.15) is 5.02 Å². The number of aldehydes is 1. The third-order valence-corrected chi connectivity index (χ3v) is 1.59. The number of aromatic nitrogens is 1. The third kappa shape index (κ3) is 1.49. The Balaban J connectivity index is 3.20. The van der Waals surface area contributed by atoms with E-state index in [0.717, 1.165) is 0 Å². The Morgan fingerprint density at radius 3 is 3.00 bits per heavy atom. The van der Waals surface area contributed by atoms with Crippen LogP contribution in [0.5, 0.6) is 5.88 Å². The van der Waals surface area contributed by atoms with E-state index in [1.165, 1.54) is 19.4 Å². The van der Waals surface area contributed by atoms with Crippen LogP contribution >= 0.6 is 11.6 Å². The molecule has 0 fully saturated rings. The Morgan fingerprint density at radius 1 is 1.73 bits per heavy atom. The largest absolute Gasteiger partial charge is 0.480 e. The molecule has 3 nitrogen and oxygen atoms in total. The second-order valence-electron chi connectivity index (χ2n) is 1.84. The van der Waals surface area contributed by atoms with Crippen molar-refractivity contribution in [2.24, 2.45) is 0 Å². The first-order valence-electron chi connectivity index (χ1n) is 2.93. The van der Waals surface area contributed by atoms with E-state index in [9.17, 15) is 4.79 Å². The molecule has 0 aromatic carbocycles. The van der Waals surface area contributed by atoms with E-state index in [-0.39, 0.29) is 10.9 Å². The highest BCUT2D eigenvalue weighted by molar-refractivity contribution is 6.34. The molecule has 0 aliphatic rings. The molecule has 0 aliphatic heterocycles. The molecule has 1 aromatic rings. The molecule has 11 heavy (non-hydrogen) atoms. The van der Waals surface area contributed by atoms with E-state index >= 15 is 0 Å². The lowest BCUT2D eigenvalue weighted by molar-refractivity contribution is 0.112. The van der Waals surface area contributed by atoms with Gasteiger partial charge in [-0.25, -0.2) is 4.98 Å². The number of hydrogen-bond donors (Lipinski definition) is 0. The highest BCUT2D eigenvalue weighted by Crippen LogP contribution is 2.23. The lowest BCUT2D eigenvalue weighted by atomic mass is 10.3. The van der Waals surface area contributed by atoms with E-state index in [1.807, 2.05) is 0 Å². The minimum Gasteiger partial charge on any atom is -0.480 e. The minimum atomic E-state index is 0.255. The lowest BCUT2D eigenvalue weighted by Gasteiger charge is -2.01. The van der Waals surface area contributed by atoms with E-state index in [1.54, 1.807) is 0 Å². The Morgan fingerprint density at radius 2 is 2.45 bits per heavy atom. The Labute approximate surface area is 69.0 Å². The van der Waals surface area contributed by atoms with E-state index in [2.05, 4.69) is 4.98 Å². The Hall–Kier alpha value is -1.09. The average molecular weight is 172 g/mol. The fourth-order valence-corrected chi connectivity index (χ4v) is 0.905. The molecule has 0 amide bonds. The van der Waals surface area contributed by atoms with Crippen LogP contribution in [0.4, 0.5) is 0 Å². The molecule has 1 rings (SSSR count). The maximum absolute atomic E-state index is 10.3. The summed E-state index contributed by atoms with van der Waals surface area (Å²) >= 11 is 5.69. The van der Waals surface area contributed by atoms with Gasteiger partial charge in [-0.05, 0) is 6.07 Å². The van der Waals surface area contributed by atoms with Crippen molar-refractivity contribution >= 4 is 17.9 Å². The standard InChI is InChI=1S/C7H6ClNO2/c1-11-7-6(8)5(4-10)2-3-9-7/h2-4H,1H3. The molecular weight excluding hydrogens is 166 g/mol. The van der Waals surface area contributed by atoms with Crippen molar-refractivity contribution in [3.05, 3.63) is 22.8 Å². The summed E-state index contributed by atoms with van der Waals surface area (Å²) in [5.41, 5.74) is 0.388. The summed E-state index contributed by atoms with van der Waals surface area (Å²) in [4.78, 5) is 14.1. The second-order valence-corrected chi connectivity index (χ2v) is 2.22. The maximum Gasteiger partial charge on any atom is 0.233 e. The van der Waals surface area contributed by atoms with E-state index in [4.69, 9.17) is 16.3 Å². The molecule has 1 heterocycles. The topological polar surface area (TPSA) is 39.2 Å². The van der Waals surface area contributed by atoms with Crippen molar-refractivity contribution in [3.8, 4) is 5.88 Å². The van der Waals surface area contributed by atoms with Gasteiger partial charge in [0.15, 0.2) is 6.29 Å². The molecule has 0 N–H and O–H groups in total. The van der Waals surface area contributed by atoms with E-state index in [0.29, 0.717) is 11.8 Å². The number of pyridine rings is 1. The van der Waals surface area contributed by atoms with Gasteiger partial charge in [0.2, 0.25) is 5.88 Å². The zero-order valence-corrected chi connectivity index (χ0v) is 6.63. The number of nitrogens with zero attached hydrogens (tertiary/aromatic N) is 1. The maximum atomic E-state index is 10.3. The summed E-state index contributed by atoms with van der Waals surface area (Å²) in [6.07, 6.45) is 2.13. The monoisotopic (exact) mass is 171 g/mol. The molecule has 0 saturated carbocycles. The number of carbonyl (C=O) groups is 1. The predicted molar refractivity (Wildman–Crippen MR) is 41.2 cm³/mol. The van der Waals surface area contributed by atoms with Gasteiger partial charge < -0.3 is 4.74 Å². The predicted octanol–water partition coefficient (Wildman–Crippen LogP) is 1.56. The van der Waals surface area contributed by atoms with Crippen LogP contribution < -0.4 is 4.74 Å². The van der Waals surface area contributed by atoms with Crippen molar-refractivity contribution in [1.29, 1.82) is 0 Å². The van der Waals surface area contributed by atoms with Gasteiger partial charge in [0, 0.05) is 11.8 Å². The lowest BCUT2D eigenvalue weighted by Crippen LogP contribution is -1.91. The molecule has 1 aromatic heterocycles. The number of carbonyl (C=O) groups excluding carboxylic acids is 1. The number of halogens is 1. The summed E-state index contributed by atoms with van der Waals surface area (Å²) in [7, 11) is 1.45. The zero-order valence-electron chi connectivity index (χ0n) is 5.87. The molecule has 0 spiro atoms. The fourth-order valence-electron chi connectivity index (χ4n) is 0.672. The molecule has 0 saturated heterocycles. The number of methoxy groups -OCH3 is 1. The first-order chi connectivity index (χ1) is 5.29. The van der Waals surface area contributed by atoms with Crippen LogP contribution in [0.25, 0.3) is 0 Å². The Bertz CT molecular complexity index is 275. The molecule has 0 radical (unpaired) electrons. The number of ether oxygens (including phenoxy) is 1. The van der Waals surface area contributed by atoms with Crippen molar-refractivity contribution in [3.63, 3.8) is 0 Å². The third-order valence-electron chi connectivity index (χ3n) is 1.21. The highest BCUT2D eigenvalue weighted by Gasteiger charge is 2.05. The minimum absolute atomic E-state index is 0.255.